The maximum absolute atomic E-state index is 14.3. The summed E-state index contributed by atoms with van der Waals surface area (Å²) in [6, 6.07) is 5.10. The lowest BCUT2D eigenvalue weighted by Gasteiger charge is -2.38. The fourth-order valence-electron chi connectivity index (χ4n) is 5.80. The van der Waals surface area contributed by atoms with Gasteiger partial charge < -0.3 is 20.2 Å². The zero-order valence-corrected chi connectivity index (χ0v) is 20.8. The first-order valence-corrected chi connectivity index (χ1v) is 13.0. The highest BCUT2D eigenvalue weighted by Gasteiger charge is 2.35. The second-order valence-corrected chi connectivity index (χ2v) is 10.5. The van der Waals surface area contributed by atoms with Crippen molar-refractivity contribution in [2.75, 3.05) is 37.6 Å². The molecule has 0 unspecified atom stereocenters. The molecule has 1 aliphatic heterocycles. The van der Waals surface area contributed by atoms with Crippen molar-refractivity contribution in [3.63, 3.8) is 0 Å². The third kappa shape index (κ3) is 5.01. The van der Waals surface area contributed by atoms with Gasteiger partial charge in [-0.05, 0) is 42.9 Å². The normalized spacial score (nSPS) is 23.5. The van der Waals surface area contributed by atoms with Crippen molar-refractivity contribution in [1.82, 2.24) is 20.2 Å². The first kappa shape index (κ1) is 24.4. The molecule has 2 aliphatic carbocycles. The molecule has 35 heavy (non-hydrogen) atoms. The van der Waals surface area contributed by atoms with Gasteiger partial charge in [0, 0.05) is 44.3 Å². The van der Waals surface area contributed by atoms with Crippen molar-refractivity contribution < 1.29 is 14.3 Å². The first-order valence-electron chi connectivity index (χ1n) is 12.7. The molecular weight excluding hydrogens is 469 g/mol. The van der Waals surface area contributed by atoms with Crippen LogP contribution in [0.4, 0.5) is 10.2 Å². The van der Waals surface area contributed by atoms with Gasteiger partial charge in [0.1, 0.15) is 18.0 Å². The number of halogens is 2. The van der Waals surface area contributed by atoms with Gasteiger partial charge in [-0.3, -0.25) is 4.79 Å². The van der Waals surface area contributed by atoms with Crippen LogP contribution in [0.15, 0.2) is 24.5 Å². The Morgan fingerprint density at radius 2 is 1.97 bits per heavy atom. The average Bonchev–Trinajstić information content (AvgIpc) is 3.49. The Hall–Kier alpha value is -2.29. The van der Waals surface area contributed by atoms with E-state index in [-0.39, 0.29) is 16.8 Å². The van der Waals surface area contributed by atoms with E-state index in [0.717, 1.165) is 29.9 Å². The standard InChI is InChI=1S/C26H33ClFN5O2/c1-16-12-22(34)24-23(16)25(31-15-30-24)32-8-10-33(11-9-32)26(35)19(14-29-18-4-2-3-5-18)17-6-7-20(27)21(28)13-17/h6-7,13,15-16,18-19,22,29,34H,2-5,8-12,14H2,1H3/t16-,19-,22-/m1/s1. The van der Waals surface area contributed by atoms with Crippen LogP contribution in [0, 0.1) is 5.82 Å². The second kappa shape index (κ2) is 10.4. The van der Waals surface area contributed by atoms with E-state index in [1.807, 2.05) is 4.90 Å². The zero-order chi connectivity index (χ0) is 24.5. The van der Waals surface area contributed by atoms with E-state index in [4.69, 9.17) is 11.6 Å². The third-order valence-electron chi connectivity index (χ3n) is 7.78. The molecule has 3 atom stereocenters. The van der Waals surface area contributed by atoms with Crippen molar-refractivity contribution in [3.05, 3.63) is 52.2 Å². The Labute approximate surface area is 210 Å². The summed E-state index contributed by atoms with van der Waals surface area (Å²) in [7, 11) is 0. The molecule has 2 N–H and O–H groups in total. The van der Waals surface area contributed by atoms with E-state index in [9.17, 15) is 14.3 Å². The smallest absolute Gasteiger partial charge is 0.231 e. The maximum Gasteiger partial charge on any atom is 0.231 e. The number of aliphatic hydroxyl groups is 1. The number of nitrogens with zero attached hydrogens (tertiary/aromatic N) is 4. The Bertz CT molecular complexity index is 1070. The number of rotatable bonds is 6. The molecule has 2 aromatic rings. The summed E-state index contributed by atoms with van der Waals surface area (Å²) >= 11 is 5.91. The van der Waals surface area contributed by atoms with Gasteiger partial charge in [0.25, 0.3) is 0 Å². The van der Waals surface area contributed by atoms with Crippen LogP contribution in [0.25, 0.3) is 0 Å². The molecule has 0 radical (unpaired) electrons. The molecule has 0 spiro atoms. The van der Waals surface area contributed by atoms with E-state index in [2.05, 4.69) is 27.1 Å². The van der Waals surface area contributed by atoms with Crippen LogP contribution in [-0.4, -0.2) is 64.6 Å². The Kier molecular flexibility index (Phi) is 7.23. The van der Waals surface area contributed by atoms with Crippen molar-refractivity contribution in [1.29, 1.82) is 0 Å². The lowest BCUT2D eigenvalue weighted by atomic mass is 9.96. The van der Waals surface area contributed by atoms with Gasteiger partial charge in [0.05, 0.1) is 22.7 Å². The minimum absolute atomic E-state index is 0.00794. The van der Waals surface area contributed by atoms with Crippen LogP contribution in [0.1, 0.15) is 73.8 Å². The number of nitrogens with one attached hydrogen (secondary N) is 1. The summed E-state index contributed by atoms with van der Waals surface area (Å²) in [5, 5.41) is 13.9. The van der Waals surface area contributed by atoms with Gasteiger partial charge in [-0.1, -0.05) is 37.4 Å². The molecule has 9 heteroatoms. The lowest BCUT2D eigenvalue weighted by Crippen LogP contribution is -2.51. The molecule has 1 aromatic carbocycles. The number of hydrogen-bond acceptors (Lipinski definition) is 6. The SMILES string of the molecule is C[C@@H]1C[C@@H](O)c2ncnc(N3CCN(C(=O)[C@H](CNC4CCCC4)c4ccc(Cl)c(F)c4)CC3)c21. The van der Waals surface area contributed by atoms with Crippen LogP contribution in [0.5, 0.6) is 0 Å². The summed E-state index contributed by atoms with van der Waals surface area (Å²) < 4.78 is 14.3. The first-order chi connectivity index (χ1) is 16.9. The molecule has 1 aromatic heterocycles. The number of amides is 1. The highest BCUT2D eigenvalue weighted by atomic mass is 35.5. The zero-order valence-electron chi connectivity index (χ0n) is 20.1. The molecule has 7 nitrogen and oxygen atoms in total. The van der Waals surface area contributed by atoms with Gasteiger partial charge in [-0.2, -0.15) is 0 Å². The number of hydrogen-bond donors (Lipinski definition) is 2. The van der Waals surface area contributed by atoms with Crippen molar-refractivity contribution >= 4 is 23.3 Å². The van der Waals surface area contributed by atoms with Gasteiger partial charge in [0.15, 0.2) is 0 Å². The summed E-state index contributed by atoms with van der Waals surface area (Å²) in [6.45, 7) is 5.00. The third-order valence-corrected chi connectivity index (χ3v) is 8.09. The van der Waals surface area contributed by atoms with E-state index < -0.39 is 17.8 Å². The second-order valence-electron chi connectivity index (χ2n) is 10.1. The number of anilines is 1. The largest absolute Gasteiger partial charge is 0.387 e. The van der Waals surface area contributed by atoms with Crippen LogP contribution in [0.2, 0.25) is 5.02 Å². The predicted molar refractivity (Wildman–Crippen MR) is 133 cm³/mol. The number of piperazine rings is 1. The Balaban J connectivity index is 1.30. The summed E-state index contributed by atoms with van der Waals surface area (Å²) in [4.78, 5) is 26.6. The maximum atomic E-state index is 14.3. The molecule has 3 aliphatic rings. The number of carbonyl (C=O) groups is 1. The Morgan fingerprint density at radius 3 is 2.69 bits per heavy atom. The number of carbonyl (C=O) groups excluding carboxylic acids is 1. The molecule has 1 saturated heterocycles. The molecule has 0 bridgehead atoms. The fourth-order valence-corrected chi connectivity index (χ4v) is 5.92. The van der Waals surface area contributed by atoms with Gasteiger partial charge in [0.2, 0.25) is 5.91 Å². The molecule has 1 saturated carbocycles. The monoisotopic (exact) mass is 501 g/mol. The van der Waals surface area contributed by atoms with Crippen LogP contribution in [-0.2, 0) is 4.79 Å². The van der Waals surface area contributed by atoms with Crippen molar-refractivity contribution in [2.45, 2.75) is 63.0 Å². The van der Waals surface area contributed by atoms with E-state index >= 15 is 0 Å². The van der Waals surface area contributed by atoms with Crippen LogP contribution < -0.4 is 10.2 Å². The average molecular weight is 502 g/mol. The number of benzene rings is 1. The molecule has 2 fully saturated rings. The molecule has 5 rings (SSSR count). The highest BCUT2D eigenvalue weighted by molar-refractivity contribution is 6.30. The van der Waals surface area contributed by atoms with Crippen LogP contribution in [0.3, 0.4) is 0 Å². The van der Waals surface area contributed by atoms with E-state index in [1.54, 1.807) is 6.07 Å². The highest BCUT2D eigenvalue weighted by Crippen LogP contribution is 2.42. The molecule has 188 valence electrons. The number of aromatic nitrogens is 2. The minimum Gasteiger partial charge on any atom is -0.387 e. The molecular formula is C26H33ClFN5O2. The van der Waals surface area contributed by atoms with Gasteiger partial charge in [-0.25, -0.2) is 14.4 Å². The van der Waals surface area contributed by atoms with Gasteiger partial charge in [-0.15, -0.1) is 0 Å². The van der Waals surface area contributed by atoms with Gasteiger partial charge >= 0.3 is 0 Å². The van der Waals surface area contributed by atoms with Crippen molar-refractivity contribution in [2.24, 2.45) is 0 Å². The topological polar surface area (TPSA) is 81.6 Å². The summed E-state index contributed by atoms with van der Waals surface area (Å²) in [6.07, 6.45) is 6.28. The quantitative estimate of drug-likeness (QED) is 0.627. The van der Waals surface area contributed by atoms with E-state index in [0.29, 0.717) is 50.7 Å². The van der Waals surface area contributed by atoms with Crippen molar-refractivity contribution in [3.8, 4) is 0 Å². The minimum atomic E-state index is -0.544. The summed E-state index contributed by atoms with van der Waals surface area (Å²) in [5.74, 6) is 0.106. The number of aliphatic hydroxyl groups excluding tert-OH is 1. The fraction of sp³-hybridized carbons (Fsp3) is 0.577. The van der Waals surface area contributed by atoms with Crippen LogP contribution >= 0.6 is 11.6 Å². The molecule has 2 heterocycles. The summed E-state index contributed by atoms with van der Waals surface area (Å²) in [5.41, 5.74) is 2.40. The van der Waals surface area contributed by atoms with E-state index in [1.165, 1.54) is 31.3 Å². The Morgan fingerprint density at radius 1 is 1.23 bits per heavy atom. The predicted octanol–water partition coefficient (Wildman–Crippen LogP) is 3.77. The molecule has 1 amide bonds. The number of fused-ring (bicyclic) bond motifs is 1. The lowest BCUT2D eigenvalue weighted by molar-refractivity contribution is -0.133.